The molecular formula is C22H21FN4O2. The number of ether oxygens (including phenoxy) is 1. The Morgan fingerprint density at radius 3 is 2.90 bits per heavy atom. The summed E-state index contributed by atoms with van der Waals surface area (Å²) in [5, 5.41) is 8.83. The average Bonchev–Trinajstić information content (AvgIpc) is 2.73. The molecule has 0 radical (unpaired) electrons. The van der Waals surface area contributed by atoms with Crippen molar-refractivity contribution < 1.29 is 9.13 Å². The highest BCUT2D eigenvalue weighted by Crippen LogP contribution is 2.28. The zero-order valence-electron chi connectivity index (χ0n) is 16.3. The summed E-state index contributed by atoms with van der Waals surface area (Å²) in [6, 6.07) is 10.0. The number of rotatable bonds is 5. The van der Waals surface area contributed by atoms with E-state index in [0.717, 1.165) is 22.2 Å². The number of nitrogens with one attached hydrogen (secondary N) is 1. The van der Waals surface area contributed by atoms with Crippen molar-refractivity contribution in [3.8, 4) is 11.8 Å². The van der Waals surface area contributed by atoms with Gasteiger partial charge in [0.2, 0.25) is 0 Å². The van der Waals surface area contributed by atoms with E-state index in [-0.39, 0.29) is 29.0 Å². The minimum Gasteiger partial charge on any atom is -0.484 e. The predicted octanol–water partition coefficient (Wildman–Crippen LogP) is 3.15. The molecule has 2 aromatic heterocycles. The number of hydrogen-bond donors (Lipinski definition) is 1. The summed E-state index contributed by atoms with van der Waals surface area (Å²) >= 11 is 0. The van der Waals surface area contributed by atoms with Gasteiger partial charge in [0, 0.05) is 30.9 Å². The lowest BCUT2D eigenvalue weighted by Gasteiger charge is -2.45. The number of nitriles is 1. The Hall–Kier alpha value is -3.24. The normalized spacial score (nSPS) is 19.0. The first-order valence-electron chi connectivity index (χ1n) is 9.59. The van der Waals surface area contributed by atoms with Crippen LogP contribution in [0.15, 0.2) is 41.3 Å². The van der Waals surface area contributed by atoms with E-state index >= 15 is 0 Å². The van der Waals surface area contributed by atoms with Gasteiger partial charge in [0.15, 0.2) is 11.6 Å². The molecule has 1 N–H and O–H groups in total. The van der Waals surface area contributed by atoms with Gasteiger partial charge in [0.1, 0.15) is 6.10 Å². The zero-order chi connectivity index (χ0) is 20.5. The van der Waals surface area contributed by atoms with Crippen LogP contribution in [0.25, 0.3) is 11.0 Å². The van der Waals surface area contributed by atoms with Gasteiger partial charge in [-0.05, 0) is 49.2 Å². The van der Waals surface area contributed by atoms with Gasteiger partial charge in [-0.3, -0.25) is 14.7 Å². The Morgan fingerprint density at radius 1 is 1.38 bits per heavy atom. The third-order valence-corrected chi connectivity index (χ3v) is 5.46. The van der Waals surface area contributed by atoms with Crippen LogP contribution in [-0.2, 0) is 13.0 Å². The third kappa shape index (κ3) is 3.71. The lowest BCUT2D eigenvalue weighted by Crippen LogP contribution is -2.60. The van der Waals surface area contributed by atoms with Gasteiger partial charge in [-0.25, -0.2) is 4.39 Å². The summed E-state index contributed by atoms with van der Waals surface area (Å²) in [6.07, 6.45) is 2.36. The van der Waals surface area contributed by atoms with E-state index in [9.17, 15) is 9.18 Å². The van der Waals surface area contributed by atoms with Gasteiger partial charge < -0.3 is 9.72 Å². The predicted molar refractivity (Wildman–Crippen MR) is 107 cm³/mol. The third-order valence-electron chi connectivity index (χ3n) is 5.46. The quantitative estimate of drug-likeness (QED) is 0.721. The van der Waals surface area contributed by atoms with Crippen LogP contribution in [0.2, 0.25) is 0 Å². The van der Waals surface area contributed by atoms with Crippen molar-refractivity contribution in [3.63, 3.8) is 0 Å². The second-order valence-corrected chi connectivity index (χ2v) is 7.34. The Labute approximate surface area is 167 Å². The Kier molecular flexibility index (Phi) is 5.03. The molecule has 0 spiro atoms. The number of H-pyrrole nitrogens is 1. The molecular weight excluding hydrogens is 371 g/mol. The van der Waals surface area contributed by atoms with Crippen LogP contribution in [0.3, 0.4) is 0 Å². The molecule has 1 fully saturated rings. The highest BCUT2D eigenvalue weighted by Gasteiger charge is 2.37. The molecule has 0 bridgehead atoms. The molecule has 148 valence electrons. The lowest BCUT2D eigenvalue weighted by atomic mass is 10.00. The molecule has 6 nitrogen and oxygen atoms in total. The Morgan fingerprint density at radius 2 is 2.21 bits per heavy atom. The van der Waals surface area contributed by atoms with E-state index in [1.165, 1.54) is 12.1 Å². The van der Waals surface area contributed by atoms with E-state index in [4.69, 9.17) is 10.00 Å². The van der Waals surface area contributed by atoms with Gasteiger partial charge >= 0.3 is 0 Å². The maximum atomic E-state index is 14.0. The zero-order valence-corrected chi connectivity index (χ0v) is 16.3. The number of benzene rings is 1. The number of aromatic amines is 1. The van der Waals surface area contributed by atoms with Crippen LogP contribution < -0.4 is 10.3 Å². The molecule has 7 heteroatoms. The number of aryl methyl sites for hydroxylation is 1. The molecule has 0 aliphatic carbocycles. The topological polar surface area (TPSA) is 82.0 Å². The molecule has 1 aromatic carbocycles. The van der Waals surface area contributed by atoms with E-state index in [1.807, 2.05) is 38.2 Å². The molecule has 0 amide bonds. The average molecular weight is 392 g/mol. The summed E-state index contributed by atoms with van der Waals surface area (Å²) in [7, 11) is 0. The van der Waals surface area contributed by atoms with Crippen molar-refractivity contribution >= 4 is 11.0 Å². The number of aromatic nitrogens is 2. The molecule has 4 rings (SSSR count). The van der Waals surface area contributed by atoms with Crippen molar-refractivity contribution in [3.05, 3.63) is 69.4 Å². The molecule has 2 atom stereocenters. The van der Waals surface area contributed by atoms with Crippen molar-refractivity contribution in [1.29, 1.82) is 5.26 Å². The van der Waals surface area contributed by atoms with Crippen LogP contribution in [0.4, 0.5) is 4.39 Å². The minimum absolute atomic E-state index is 0.0748. The molecule has 0 saturated carbocycles. The van der Waals surface area contributed by atoms with Crippen molar-refractivity contribution in [2.24, 2.45) is 0 Å². The van der Waals surface area contributed by atoms with Crippen LogP contribution in [-0.4, -0.2) is 33.6 Å². The first-order chi connectivity index (χ1) is 14.0. The molecule has 3 aromatic rings. The molecule has 0 unspecified atom stereocenters. The highest BCUT2D eigenvalue weighted by atomic mass is 19.1. The van der Waals surface area contributed by atoms with Gasteiger partial charge in [0.25, 0.3) is 5.56 Å². The fraction of sp³-hybridized carbons (Fsp3) is 0.318. The second kappa shape index (κ2) is 7.64. The highest BCUT2D eigenvalue weighted by molar-refractivity contribution is 5.74. The summed E-state index contributed by atoms with van der Waals surface area (Å²) in [6.45, 7) is 5.29. The maximum absolute atomic E-state index is 14.0. The van der Waals surface area contributed by atoms with Crippen LogP contribution in [0.1, 0.15) is 30.5 Å². The fourth-order valence-electron chi connectivity index (χ4n) is 3.57. The SMILES string of the molecule is CCc1cc2ncc(CN3C[C@H](Oc4ccc(C#N)cc4F)[C@H]3C)cc2[nH]c1=O. The second-order valence-electron chi connectivity index (χ2n) is 7.34. The Balaban J connectivity index is 1.43. The number of fused-ring (bicyclic) bond motifs is 1. The van der Waals surface area contributed by atoms with E-state index in [1.54, 1.807) is 6.07 Å². The summed E-state index contributed by atoms with van der Waals surface area (Å²) < 4.78 is 19.8. The van der Waals surface area contributed by atoms with Crippen molar-refractivity contribution in [2.45, 2.75) is 39.0 Å². The first-order valence-corrected chi connectivity index (χ1v) is 9.59. The number of hydrogen-bond acceptors (Lipinski definition) is 5. The number of nitrogens with zero attached hydrogens (tertiary/aromatic N) is 3. The molecule has 1 saturated heterocycles. The minimum atomic E-state index is -0.524. The fourth-order valence-corrected chi connectivity index (χ4v) is 3.57. The molecule has 29 heavy (non-hydrogen) atoms. The van der Waals surface area contributed by atoms with E-state index in [0.29, 0.717) is 19.5 Å². The number of halogens is 1. The largest absolute Gasteiger partial charge is 0.484 e. The van der Waals surface area contributed by atoms with E-state index < -0.39 is 5.82 Å². The first kappa shape index (κ1) is 19.1. The van der Waals surface area contributed by atoms with Crippen molar-refractivity contribution in [2.75, 3.05) is 6.54 Å². The summed E-state index contributed by atoms with van der Waals surface area (Å²) in [5.74, 6) is -0.360. The molecule has 3 heterocycles. The summed E-state index contributed by atoms with van der Waals surface area (Å²) in [4.78, 5) is 21.6. The Bertz CT molecular complexity index is 1170. The standard InChI is InChI=1S/C22H21FN4O2/c1-3-16-8-18-19(26-22(16)28)7-15(10-25-18)11-27-12-21(13(27)2)29-20-5-4-14(9-24)6-17(20)23/h4-8,10,13,21H,3,11-12H2,1-2H3,(H,26,28)/t13-,21+/m1/s1. The number of pyridine rings is 2. The molecule has 1 aliphatic heterocycles. The van der Waals surface area contributed by atoms with Gasteiger partial charge in [-0.1, -0.05) is 6.92 Å². The molecule has 1 aliphatic rings. The maximum Gasteiger partial charge on any atom is 0.251 e. The monoisotopic (exact) mass is 392 g/mol. The van der Waals surface area contributed by atoms with Gasteiger partial charge in [-0.15, -0.1) is 0 Å². The smallest absolute Gasteiger partial charge is 0.251 e. The van der Waals surface area contributed by atoms with Crippen molar-refractivity contribution in [1.82, 2.24) is 14.9 Å². The van der Waals surface area contributed by atoms with E-state index in [2.05, 4.69) is 14.9 Å². The van der Waals surface area contributed by atoms with Crippen LogP contribution >= 0.6 is 0 Å². The summed E-state index contributed by atoms with van der Waals surface area (Å²) in [5.41, 5.74) is 3.42. The number of likely N-dealkylation sites (tertiary alicyclic amines) is 1. The van der Waals surface area contributed by atoms with Gasteiger partial charge in [0.05, 0.1) is 22.7 Å². The lowest BCUT2D eigenvalue weighted by molar-refractivity contribution is -0.0429. The van der Waals surface area contributed by atoms with Crippen LogP contribution in [0.5, 0.6) is 5.75 Å². The van der Waals surface area contributed by atoms with Gasteiger partial charge in [-0.2, -0.15) is 5.26 Å². The van der Waals surface area contributed by atoms with Crippen LogP contribution in [0, 0.1) is 17.1 Å².